The van der Waals surface area contributed by atoms with E-state index in [2.05, 4.69) is 164 Å². The topological polar surface area (TPSA) is 26.0 Å². The van der Waals surface area contributed by atoms with Crippen LogP contribution in [0.2, 0.25) is 0 Å². The minimum Gasteiger partial charge on any atom is -0.456 e. The maximum atomic E-state index is 6.58. The SMILES string of the molecule is c1ccc(-c2c3ccccc3c(-c3ccc4oc5ccc6c(-c7ccccc7)nc7ccccc7c6c5c4c3)c3ccccc23)cc1. The van der Waals surface area contributed by atoms with Gasteiger partial charge in [0.2, 0.25) is 0 Å². The summed E-state index contributed by atoms with van der Waals surface area (Å²) in [6.45, 7) is 0. The molecule has 0 aliphatic heterocycles. The number of pyridine rings is 1. The Labute approximate surface area is 271 Å². The molecule has 0 unspecified atom stereocenters. The Morgan fingerprint density at radius 1 is 0.340 bits per heavy atom. The summed E-state index contributed by atoms with van der Waals surface area (Å²) in [4.78, 5) is 5.18. The van der Waals surface area contributed by atoms with Gasteiger partial charge in [-0.3, -0.25) is 0 Å². The van der Waals surface area contributed by atoms with E-state index in [4.69, 9.17) is 9.40 Å². The third-order valence-corrected chi connectivity index (χ3v) is 9.63. The number of fused-ring (bicyclic) bond motifs is 9. The van der Waals surface area contributed by atoms with Crippen molar-refractivity contribution >= 4 is 65.2 Å². The Hall–Kier alpha value is -6.25. The second kappa shape index (κ2) is 10.1. The molecule has 0 aliphatic rings. The smallest absolute Gasteiger partial charge is 0.136 e. The average Bonchev–Trinajstić information content (AvgIpc) is 3.52. The van der Waals surface area contributed by atoms with Crippen LogP contribution in [-0.4, -0.2) is 4.98 Å². The standard InChI is InChI=1S/C45H27NO/c1-3-13-28(14-4-1)41-31-17-7-9-19-33(31)42(34-20-10-8-18-32(34)41)30-23-25-39-37(27-30)44-40(47-39)26-24-36-43(44)35-21-11-12-22-38(35)46-45(36)29-15-5-2-6-16-29/h1-27H. The lowest BCUT2D eigenvalue weighted by atomic mass is 9.85. The van der Waals surface area contributed by atoms with Gasteiger partial charge in [0.25, 0.3) is 0 Å². The highest BCUT2D eigenvalue weighted by Gasteiger charge is 2.20. The Morgan fingerprint density at radius 2 is 0.872 bits per heavy atom. The number of benzene rings is 8. The highest BCUT2D eigenvalue weighted by Crippen LogP contribution is 2.46. The van der Waals surface area contributed by atoms with Crippen molar-refractivity contribution in [2.24, 2.45) is 0 Å². The van der Waals surface area contributed by atoms with Gasteiger partial charge in [-0.2, -0.15) is 0 Å². The van der Waals surface area contributed by atoms with Crippen LogP contribution in [0.5, 0.6) is 0 Å². The molecule has 0 saturated heterocycles. The predicted octanol–water partition coefficient (Wildman–Crippen LogP) is 12.6. The molecule has 10 aromatic rings. The predicted molar refractivity (Wildman–Crippen MR) is 198 cm³/mol. The first-order valence-electron chi connectivity index (χ1n) is 16.1. The summed E-state index contributed by atoms with van der Waals surface area (Å²) in [5.74, 6) is 0. The van der Waals surface area contributed by atoms with Gasteiger partial charge in [0.1, 0.15) is 11.2 Å². The van der Waals surface area contributed by atoms with Crippen molar-refractivity contribution in [3.63, 3.8) is 0 Å². The number of hydrogen-bond acceptors (Lipinski definition) is 2. The first-order valence-corrected chi connectivity index (χ1v) is 16.1. The van der Waals surface area contributed by atoms with Crippen LogP contribution in [0.1, 0.15) is 0 Å². The number of furan rings is 1. The highest BCUT2D eigenvalue weighted by atomic mass is 16.3. The molecule has 218 valence electrons. The number of aromatic nitrogens is 1. The Morgan fingerprint density at radius 3 is 1.53 bits per heavy atom. The van der Waals surface area contributed by atoms with Gasteiger partial charge in [0.15, 0.2) is 0 Å². The van der Waals surface area contributed by atoms with E-state index in [1.807, 2.05) is 0 Å². The molecule has 0 saturated carbocycles. The fourth-order valence-electron chi connectivity index (χ4n) is 7.64. The number of para-hydroxylation sites is 1. The van der Waals surface area contributed by atoms with Crippen LogP contribution < -0.4 is 0 Å². The van der Waals surface area contributed by atoms with E-state index in [9.17, 15) is 0 Å². The van der Waals surface area contributed by atoms with Crippen LogP contribution in [-0.2, 0) is 0 Å². The molecule has 0 bridgehead atoms. The van der Waals surface area contributed by atoms with Gasteiger partial charge in [-0.05, 0) is 74.1 Å². The quantitative estimate of drug-likeness (QED) is 0.150. The zero-order valence-corrected chi connectivity index (χ0v) is 25.4. The fraction of sp³-hybridized carbons (Fsp3) is 0. The van der Waals surface area contributed by atoms with Crippen molar-refractivity contribution in [3.05, 3.63) is 164 Å². The van der Waals surface area contributed by atoms with Gasteiger partial charge >= 0.3 is 0 Å². The van der Waals surface area contributed by atoms with E-state index in [1.165, 1.54) is 49.2 Å². The van der Waals surface area contributed by atoms with Crippen LogP contribution in [0.3, 0.4) is 0 Å². The largest absolute Gasteiger partial charge is 0.456 e. The summed E-state index contributed by atoms with van der Waals surface area (Å²) in [6, 6.07) is 58.4. The molecule has 10 rings (SSSR count). The van der Waals surface area contributed by atoms with Crippen molar-refractivity contribution in [2.45, 2.75) is 0 Å². The average molecular weight is 598 g/mol. The molecule has 0 amide bonds. The van der Waals surface area contributed by atoms with E-state index in [0.29, 0.717) is 0 Å². The van der Waals surface area contributed by atoms with Crippen molar-refractivity contribution < 1.29 is 4.42 Å². The van der Waals surface area contributed by atoms with Crippen LogP contribution in [0.15, 0.2) is 168 Å². The summed E-state index contributed by atoms with van der Waals surface area (Å²) >= 11 is 0. The summed E-state index contributed by atoms with van der Waals surface area (Å²) < 4.78 is 6.58. The summed E-state index contributed by atoms with van der Waals surface area (Å²) in [5.41, 5.74) is 9.74. The van der Waals surface area contributed by atoms with Crippen LogP contribution in [0, 0.1) is 0 Å². The second-order valence-corrected chi connectivity index (χ2v) is 12.2. The fourth-order valence-corrected chi connectivity index (χ4v) is 7.64. The third-order valence-electron chi connectivity index (χ3n) is 9.63. The van der Waals surface area contributed by atoms with Gasteiger partial charge in [-0.25, -0.2) is 4.98 Å². The first kappa shape index (κ1) is 26.0. The van der Waals surface area contributed by atoms with E-state index < -0.39 is 0 Å². The van der Waals surface area contributed by atoms with E-state index >= 15 is 0 Å². The Bertz CT molecular complexity index is 2770. The zero-order chi connectivity index (χ0) is 30.9. The minimum atomic E-state index is 0.882. The van der Waals surface area contributed by atoms with Gasteiger partial charge in [0, 0.05) is 32.5 Å². The van der Waals surface area contributed by atoms with Crippen LogP contribution in [0.25, 0.3) is 98.7 Å². The molecular weight excluding hydrogens is 571 g/mol. The Kier molecular flexibility index (Phi) is 5.61. The van der Waals surface area contributed by atoms with Crippen molar-refractivity contribution in [3.8, 4) is 33.5 Å². The summed E-state index contributed by atoms with van der Waals surface area (Å²) in [5, 5.41) is 10.6. The molecule has 0 radical (unpaired) electrons. The third kappa shape index (κ3) is 3.89. The maximum Gasteiger partial charge on any atom is 0.136 e. The second-order valence-electron chi connectivity index (χ2n) is 12.2. The number of rotatable bonds is 3. The van der Waals surface area contributed by atoms with Crippen molar-refractivity contribution in [2.75, 3.05) is 0 Å². The maximum absolute atomic E-state index is 6.58. The van der Waals surface area contributed by atoms with E-state index in [1.54, 1.807) is 0 Å². The molecule has 0 fully saturated rings. The Balaban J connectivity index is 1.33. The summed E-state index contributed by atoms with van der Waals surface area (Å²) in [7, 11) is 0. The van der Waals surface area contributed by atoms with Crippen molar-refractivity contribution in [1.29, 1.82) is 0 Å². The highest BCUT2D eigenvalue weighted by molar-refractivity contribution is 6.29. The molecule has 0 N–H and O–H groups in total. The molecule has 8 aromatic carbocycles. The normalized spacial score (nSPS) is 11.8. The molecule has 2 nitrogen and oxygen atoms in total. The van der Waals surface area contributed by atoms with Crippen molar-refractivity contribution in [1.82, 2.24) is 4.98 Å². The van der Waals surface area contributed by atoms with Crippen LogP contribution in [0.4, 0.5) is 0 Å². The number of nitrogens with zero attached hydrogens (tertiary/aromatic N) is 1. The monoisotopic (exact) mass is 597 g/mol. The molecular formula is C45H27NO. The lowest BCUT2D eigenvalue weighted by molar-refractivity contribution is 0.669. The minimum absolute atomic E-state index is 0.882. The molecule has 0 atom stereocenters. The molecule has 2 aromatic heterocycles. The lowest BCUT2D eigenvalue weighted by Gasteiger charge is -2.17. The molecule has 0 spiro atoms. The van der Waals surface area contributed by atoms with Gasteiger partial charge in [-0.15, -0.1) is 0 Å². The molecule has 47 heavy (non-hydrogen) atoms. The van der Waals surface area contributed by atoms with Gasteiger partial charge in [0.05, 0.1) is 11.2 Å². The number of hydrogen-bond donors (Lipinski definition) is 0. The van der Waals surface area contributed by atoms with Gasteiger partial charge < -0.3 is 4.42 Å². The zero-order valence-electron chi connectivity index (χ0n) is 25.4. The lowest BCUT2D eigenvalue weighted by Crippen LogP contribution is -1.91. The summed E-state index contributed by atoms with van der Waals surface area (Å²) in [6.07, 6.45) is 0. The van der Waals surface area contributed by atoms with Gasteiger partial charge in [-0.1, -0.05) is 133 Å². The molecule has 2 heteroatoms. The van der Waals surface area contributed by atoms with Crippen LogP contribution >= 0.6 is 0 Å². The first-order chi connectivity index (χ1) is 23.3. The molecule has 2 heterocycles. The van der Waals surface area contributed by atoms with E-state index in [0.717, 1.165) is 49.5 Å². The van der Waals surface area contributed by atoms with E-state index in [-0.39, 0.29) is 0 Å². The molecule has 0 aliphatic carbocycles.